The molecule has 4 heteroatoms. The lowest BCUT2D eigenvalue weighted by molar-refractivity contribution is 0.241. The average molecular weight is 274 g/mol. The van der Waals surface area contributed by atoms with Gasteiger partial charge in [-0.05, 0) is 17.5 Å². The third-order valence-electron chi connectivity index (χ3n) is 3.53. The van der Waals surface area contributed by atoms with E-state index in [-0.39, 0.29) is 0 Å². The van der Waals surface area contributed by atoms with E-state index in [0.29, 0.717) is 10.7 Å². The van der Waals surface area contributed by atoms with Crippen molar-refractivity contribution in [3.8, 4) is 0 Å². The predicted octanol–water partition coefficient (Wildman–Crippen LogP) is 2.88. The number of benzene rings is 1. The zero-order valence-electron chi connectivity index (χ0n) is 10.6. The zero-order valence-corrected chi connectivity index (χ0v) is 11.4. The molecule has 0 bridgehead atoms. The molecule has 3 nitrogen and oxygen atoms in total. The van der Waals surface area contributed by atoms with Gasteiger partial charge in [0, 0.05) is 19.6 Å². The van der Waals surface area contributed by atoms with E-state index in [1.807, 2.05) is 6.07 Å². The number of fused-ring (bicyclic) bond motifs is 1. The first kappa shape index (κ1) is 12.5. The van der Waals surface area contributed by atoms with Gasteiger partial charge in [-0.1, -0.05) is 41.9 Å². The van der Waals surface area contributed by atoms with Crippen LogP contribution in [0.1, 0.15) is 16.8 Å². The summed E-state index contributed by atoms with van der Waals surface area (Å²) in [6.07, 6.45) is 2.58. The summed E-state index contributed by atoms with van der Waals surface area (Å²) in [5.41, 5.74) is 9.87. The van der Waals surface area contributed by atoms with Crippen molar-refractivity contribution in [3.05, 3.63) is 58.4 Å². The van der Waals surface area contributed by atoms with Crippen molar-refractivity contribution in [2.24, 2.45) is 0 Å². The number of nitrogens with two attached hydrogens (primary N) is 1. The van der Waals surface area contributed by atoms with Gasteiger partial charge in [0.1, 0.15) is 0 Å². The molecule has 0 saturated carbocycles. The van der Waals surface area contributed by atoms with Gasteiger partial charge < -0.3 is 5.73 Å². The second-order valence-corrected chi connectivity index (χ2v) is 5.28. The Hall–Kier alpha value is -1.58. The Morgan fingerprint density at radius 1 is 1.26 bits per heavy atom. The highest BCUT2D eigenvalue weighted by atomic mass is 35.5. The van der Waals surface area contributed by atoms with Crippen molar-refractivity contribution in [1.29, 1.82) is 0 Å². The van der Waals surface area contributed by atoms with Gasteiger partial charge in [0.05, 0.1) is 22.6 Å². The SMILES string of the molecule is Nc1cnc2c(c1Cl)CCN(Cc1ccccc1)C2. The number of hydrogen-bond acceptors (Lipinski definition) is 3. The molecule has 98 valence electrons. The van der Waals surface area contributed by atoms with Gasteiger partial charge in [-0.3, -0.25) is 9.88 Å². The first-order valence-corrected chi connectivity index (χ1v) is 6.80. The molecule has 2 N–H and O–H groups in total. The molecule has 0 unspecified atom stereocenters. The lowest BCUT2D eigenvalue weighted by atomic mass is 10.0. The van der Waals surface area contributed by atoms with E-state index < -0.39 is 0 Å². The maximum atomic E-state index is 6.24. The number of pyridine rings is 1. The standard InChI is InChI=1S/C15H16ClN3/c16-15-12-6-7-19(9-11-4-2-1-3-5-11)10-14(12)18-8-13(15)17/h1-5,8H,6-7,9-10,17H2. The van der Waals surface area contributed by atoms with Crippen LogP contribution in [0.3, 0.4) is 0 Å². The Kier molecular flexibility index (Phi) is 3.40. The Balaban J connectivity index is 1.78. The molecule has 0 fully saturated rings. The number of anilines is 1. The normalized spacial score (nSPS) is 15.2. The monoisotopic (exact) mass is 273 g/mol. The molecular formula is C15H16ClN3. The molecule has 1 aromatic carbocycles. The van der Waals surface area contributed by atoms with E-state index in [0.717, 1.165) is 37.3 Å². The molecular weight excluding hydrogens is 258 g/mol. The van der Waals surface area contributed by atoms with Crippen molar-refractivity contribution in [2.75, 3.05) is 12.3 Å². The van der Waals surface area contributed by atoms with Crippen LogP contribution in [-0.4, -0.2) is 16.4 Å². The first-order chi connectivity index (χ1) is 9.24. The molecule has 0 saturated heterocycles. The highest BCUT2D eigenvalue weighted by Gasteiger charge is 2.20. The van der Waals surface area contributed by atoms with Crippen LogP contribution in [0.2, 0.25) is 5.02 Å². The van der Waals surface area contributed by atoms with E-state index in [4.69, 9.17) is 17.3 Å². The van der Waals surface area contributed by atoms with Gasteiger partial charge in [-0.25, -0.2) is 0 Å². The molecule has 0 spiro atoms. The third-order valence-corrected chi connectivity index (χ3v) is 3.97. The predicted molar refractivity (Wildman–Crippen MR) is 77.9 cm³/mol. The van der Waals surface area contributed by atoms with Crippen LogP contribution in [0.5, 0.6) is 0 Å². The molecule has 19 heavy (non-hydrogen) atoms. The van der Waals surface area contributed by atoms with Crippen LogP contribution < -0.4 is 5.73 Å². The topological polar surface area (TPSA) is 42.1 Å². The number of nitrogens with zero attached hydrogens (tertiary/aromatic N) is 2. The second kappa shape index (κ2) is 5.19. The van der Waals surface area contributed by atoms with E-state index in [1.54, 1.807) is 6.20 Å². The average Bonchev–Trinajstić information content (AvgIpc) is 2.44. The summed E-state index contributed by atoms with van der Waals surface area (Å²) in [5, 5.41) is 0.685. The molecule has 2 heterocycles. The first-order valence-electron chi connectivity index (χ1n) is 6.42. The number of halogens is 1. The Morgan fingerprint density at radius 2 is 2.05 bits per heavy atom. The minimum Gasteiger partial charge on any atom is -0.396 e. The van der Waals surface area contributed by atoms with Crippen molar-refractivity contribution >= 4 is 17.3 Å². The minimum absolute atomic E-state index is 0.580. The molecule has 0 atom stereocenters. The smallest absolute Gasteiger partial charge is 0.0702 e. The number of aromatic nitrogens is 1. The van der Waals surface area contributed by atoms with E-state index >= 15 is 0 Å². The Bertz CT molecular complexity index is 583. The molecule has 0 radical (unpaired) electrons. The maximum absolute atomic E-state index is 6.24. The summed E-state index contributed by atoms with van der Waals surface area (Å²) in [5.74, 6) is 0. The molecule has 0 amide bonds. The van der Waals surface area contributed by atoms with E-state index in [9.17, 15) is 0 Å². The highest BCUT2D eigenvalue weighted by molar-refractivity contribution is 6.33. The molecule has 1 aliphatic heterocycles. The van der Waals surface area contributed by atoms with Crippen LogP contribution in [0.15, 0.2) is 36.5 Å². The lowest BCUT2D eigenvalue weighted by Gasteiger charge is -2.28. The Labute approximate surface area is 118 Å². The summed E-state index contributed by atoms with van der Waals surface area (Å²) < 4.78 is 0. The zero-order chi connectivity index (χ0) is 13.2. The summed E-state index contributed by atoms with van der Waals surface area (Å²) >= 11 is 6.24. The van der Waals surface area contributed by atoms with E-state index in [2.05, 4.69) is 34.1 Å². The van der Waals surface area contributed by atoms with Crippen molar-refractivity contribution in [1.82, 2.24) is 9.88 Å². The van der Waals surface area contributed by atoms with E-state index in [1.165, 1.54) is 5.56 Å². The molecule has 1 aliphatic rings. The summed E-state index contributed by atoms with van der Waals surface area (Å²) in [6, 6.07) is 10.5. The van der Waals surface area contributed by atoms with Crippen LogP contribution in [-0.2, 0) is 19.5 Å². The maximum Gasteiger partial charge on any atom is 0.0702 e. The van der Waals surface area contributed by atoms with Gasteiger partial charge in [0.15, 0.2) is 0 Å². The largest absolute Gasteiger partial charge is 0.396 e. The number of hydrogen-bond donors (Lipinski definition) is 1. The fourth-order valence-electron chi connectivity index (χ4n) is 2.51. The summed E-state index contributed by atoms with van der Waals surface area (Å²) in [6.45, 7) is 2.78. The van der Waals surface area contributed by atoms with Crippen LogP contribution in [0, 0.1) is 0 Å². The minimum atomic E-state index is 0.580. The quantitative estimate of drug-likeness (QED) is 0.915. The fourth-order valence-corrected chi connectivity index (χ4v) is 2.76. The Morgan fingerprint density at radius 3 is 2.84 bits per heavy atom. The molecule has 3 rings (SSSR count). The van der Waals surface area contributed by atoms with Gasteiger partial charge in [-0.2, -0.15) is 0 Å². The van der Waals surface area contributed by atoms with Crippen LogP contribution in [0.4, 0.5) is 5.69 Å². The third kappa shape index (κ3) is 2.57. The van der Waals surface area contributed by atoms with Crippen molar-refractivity contribution in [2.45, 2.75) is 19.5 Å². The second-order valence-electron chi connectivity index (χ2n) is 4.90. The number of nitrogen functional groups attached to an aromatic ring is 1. The van der Waals surface area contributed by atoms with Gasteiger partial charge in [0.2, 0.25) is 0 Å². The summed E-state index contributed by atoms with van der Waals surface area (Å²) in [7, 11) is 0. The van der Waals surface area contributed by atoms with Gasteiger partial charge >= 0.3 is 0 Å². The van der Waals surface area contributed by atoms with Crippen LogP contribution in [0.25, 0.3) is 0 Å². The highest BCUT2D eigenvalue weighted by Crippen LogP contribution is 2.29. The van der Waals surface area contributed by atoms with Crippen molar-refractivity contribution in [3.63, 3.8) is 0 Å². The lowest BCUT2D eigenvalue weighted by Crippen LogP contribution is -2.31. The van der Waals surface area contributed by atoms with Gasteiger partial charge in [-0.15, -0.1) is 0 Å². The van der Waals surface area contributed by atoms with Crippen LogP contribution >= 0.6 is 11.6 Å². The molecule has 2 aromatic rings. The fraction of sp³-hybridized carbons (Fsp3) is 0.267. The molecule has 0 aliphatic carbocycles. The summed E-state index contributed by atoms with van der Waals surface area (Å²) in [4.78, 5) is 6.81. The van der Waals surface area contributed by atoms with Crippen molar-refractivity contribution < 1.29 is 0 Å². The van der Waals surface area contributed by atoms with Gasteiger partial charge in [0.25, 0.3) is 0 Å². The number of rotatable bonds is 2. The molecule has 1 aromatic heterocycles.